The van der Waals surface area contributed by atoms with Crippen LogP contribution in [-0.4, -0.2) is 29.5 Å². The molecule has 1 aromatic heterocycles. The van der Waals surface area contributed by atoms with Gasteiger partial charge in [0.05, 0.1) is 5.69 Å². The quantitative estimate of drug-likeness (QED) is 0.853. The van der Waals surface area contributed by atoms with E-state index in [1.165, 1.54) is 31.4 Å². The third kappa shape index (κ3) is 4.20. The maximum Gasteiger partial charge on any atom is 0.126 e. The van der Waals surface area contributed by atoms with Gasteiger partial charge in [-0.1, -0.05) is 32.8 Å². The Morgan fingerprint density at radius 1 is 1.30 bits per heavy atom. The van der Waals surface area contributed by atoms with Crippen molar-refractivity contribution >= 4 is 5.82 Å². The standard InChI is InChI=1S/C17H29N3/c1-4-12-18-17-11-7-9-15(19-17)13-20(3)16-10-6-5-8-14(16)2/h7,9,11,14,16H,4-6,8,10,12-13H2,1-3H3,(H,18,19). The summed E-state index contributed by atoms with van der Waals surface area (Å²) in [5.74, 6) is 1.82. The van der Waals surface area contributed by atoms with Gasteiger partial charge in [-0.05, 0) is 44.4 Å². The smallest absolute Gasteiger partial charge is 0.126 e. The first-order valence-electron chi connectivity index (χ1n) is 8.10. The number of rotatable bonds is 6. The first kappa shape index (κ1) is 15.3. The number of anilines is 1. The van der Waals surface area contributed by atoms with E-state index in [9.17, 15) is 0 Å². The third-order valence-corrected chi connectivity index (χ3v) is 4.41. The van der Waals surface area contributed by atoms with Gasteiger partial charge in [0, 0.05) is 19.1 Å². The Labute approximate surface area is 123 Å². The van der Waals surface area contributed by atoms with Crippen LogP contribution >= 0.6 is 0 Å². The predicted octanol–water partition coefficient (Wildman–Crippen LogP) is 3.91. The molecule has 1 aromatic rings. The fourth-order valence-electron chi connectivity index (χ4n) is 3.24. The Bertz CT molecular complexity index is 405. The van der Waals surface area contributed by atoms with E-state index >= 15 is 0 Å². The van der Waals surface area contributed by atoms with Gasteiger partial charge in [0.2, 0.25) is 0 Å². The summed E-state index contributed by atoms with van der Waals surface area (Å²) in [4.78, 5) is 7.21. The van der Waals surface area contributed by atoms with E-state index in [2.05, 4.69) is 49.3 Å². The fourth-order valence-corrected chi connectivity index (χ4v) is 3.24. The van der Waals surface area contributed by atoms with Crippen molar-refractivity contribution < 1.29 is 0 Å². The molecule has 3 heteroatoms. The summed E-state index contributed by atoms with van der Waals surface area (Å²) in [5, 5.41) is 3.37. The molecule has 112 valence electrons. The second-order valence-electron chi connectivity index (χ2n) is 6.19. The predicted molar refractivity (Wildman–Crippen MR) is 85.9 cm³/mol. The average Bonchev–Trinajstić information content (AvgIpc) is 2.46. The molecule has 1 N–H and O–H groups in total. The first-order chi connectivity index (χ1) is 9.70. The lowest BCUT2D eigenvalue weighted by atomic mass is 9.85. The summed E-state index contributed by atoms with van der Waals surface area (Å²) in [6.07, 6.45) is 6.63. The highest BCUT2D eigenvalue weighted by Crippen LogP contribution is 2.28. The van der Waals surface area contributed by atoms with Crippen molar-refractivity contribution in [3.05, 3.63) is 23.9 Å². The van der Waals surface area contributed by atoms with Crippen LogP contribution < -0.4 is 5.32 Å². The molecule has 0 aliphatic heterocycles. The van der Waals surface area contributed by atoms with Gasteiger partial charge < -0.3 is 5.32 Å². The Hall–Kier alpha value is -1.09. The number of hydrogen-bond acceptors (Lipinski definition) is 3. The lowest BCUT2D eigenvalue weighted by molar-refractivity contribution is 0.132. The lowest BCUT2D eigenvalue weighted by Gasteiger charge is -2.36. The van der Waals surface area contributed by atoms with Gasteiger partial charge in [-0.25, -0.2) is 4.98 Å². The summed E-state index contributed by atoms with van der Waals surface area (Å²) in [6.45, 7) is 6.52. The van der Waals surface area contributed by atoms with Crippen molar-refractivity contribution in [1.82, 2.24) is 9.88 Å². The molecular weight excluding hydrogens is 246 g/mol. The number of hydrogen-bond donors (Lipinski definition) is 1. The van der Waals surface area contributed by atoms with Crippen molar-refractivity contribution in [1.29, 1.82) is 0 Å². The van der Waals surface area contributed by atoms with E-state index in [1.807, 2.05) is 0 Å². The van der Waals surface area contributed by atoms with Crippen molar-refractivity contribution in [3.8, 4) is 0 Å². The van der Waals surface area contributed by atoms with Crippen molar-refractivity contribution in [2.24, 2.45) is 5.92 Å². The second kappa shape index (κ2) is 7.63. The summed E-state index contributed by atoms with van der Waals surface area (Å²) < 4.78 is 0. The van der Waals surface area contributed by atoms with Crippen LogP contribution in [0.4, 0.5) is 5.82 Å². The number of aromatic nitrogens is 1. The zero-order valence-corrected chi connectivity index (χ0v) is 13.2. The highest BCUT2D eigenvalue weighted by atomic mass is 15.1. The molecule has 0 saturated heterocycles. The monoisotopic (exact) mass is 275 g/mol. The molecule has 2 unspecified atom stereocenters. The normalized spacial score (nSPS) is 23.0. The lowest BCUT2D eigenvalue weighted by Crippen LogP contribution is -2.38. The minimum atomic E-state index is 0.720. The number of pyridine rings is 1. The van der Waals surface area contributed by atoms with E-state index in [0.717, 1.165) is 37.3 Å². The molecule has 1 aliphatic carbocycles. The van der Waals surface area contributed by atoms with Gasteiger partial charge >= 0.3 is 0 Å². The maximum absolute atomic E-state index is 4.72. The van der Waals surface area contributed by atoms with Crippen molar-refractivity contribution in [3.63, 3.8) is 0 Å². The van der Waals surface area contributed by atoms with Gasteiger partial charge in [-0.2, -0.15) is 0 Å². The molecule has 0 radical (unpaired) electrons. The summed E-state index contributed by atoms with van der Waals surface area (Å²) in [6, 6.07) is 7.03. The number of nitrogens with zero attached hydrogens (tertiary/aromatic N) is 2. The molecule has 2 atom stereocenters. The van der Waals surface area contributed by atoms with Crippen molar-refractivity contribution in [2.75, 3.05) is 18.9 Å². The van der Waals surface area contributed by atoms with Crippen LogP contribution in [0, 0.1) is 5.92 Å². The van der Waals surface area contributed by atoms with Crippen molar-refractivity contribution in [2.45, 2.75) is 58.5 Å². The molecule has 0 bridgehead atoms. The van der Waals surface area contributed by atoms with Gasteiger partial charge in [0.1, 0.15) is 5.82 Å². The Kier molecular flexibility index (Phi) is 5.84. The molecule has 1 saturated carbocycles. The molecule has 1 heterocycles. The molecule has 0 amide bonds. The molecule has 1 aliphatic rings. The van der Waals surface area contributed by atoms with E-state index in [-0.39, 0.29) is 0 Å². The molecule has 3 nitrogen and oxygen atoms in total. The van der Waals surface area contributed by atoms with Gasteiger partial charge in [0.15, 0.2) is 0 Å². The first-order valence-corrected chi connectivity index (χ1v) is 8.10. The Balaban J connectivity index is 1.94. The van der Waals surface area contributed by atoms with E-state index in [0.29, 0.717) is 0 Å². The van der Waals surface area contributed by atoms with Gasteiger partial charge in [-0.3, -0.25) is 4.90 Å². The second-order valence-corrected chi connectivity index (χ2v) is 6.19. The highest BCUT2D eigenvalue weighted by molar-refractivity contribution is 5.35. The minimum absolute atomic E-state index is 0.720. The van der Waals surface area contributed by atoms with Crippen LogP contribution in [0.2, 0.25) is 0 Å². The van der Waals surface area contributed by atoms with Crippen LogP contribution in [0.15, 0.2) is 18.2 Å². The molecule has 20 heavy (non-hydrogen) atoms. The van der Waals surface area contributed by atoms with Crippen LogP contribution in [0.1, 0.15) is 51.6 Å². The molecule has 0 spiro atoms. The molecule has 1 fully saturated rings. The third-order valence-electron chi connectivity index (χ3n) is 4.41. The topological polar surface area (TPSA) is 28.2 Å². The average molecular weight is 275 g/mol. The zero-order chi connectivity index (χ0) is 14.4. The van der Waals surface area contributed by atoms with Crippen LogP contribution in [0.25, 0.3) is 0 Å². The van der Waals surface area contributed by atoms with E-state index in [1.54, 1.807) is 0 Å². The Morgan fingerprint density at radius 3 is 2.85 bits per heavy atom. The maximum atomic E-state index is 4.72. The Morgan fingerprint density at radius 2 is 2.10 bits per heavy atom. The summed E-state index contributed by atoms with van der Waals surface area (Å²) in [7, 11) is 2.25. The molecule has 0 aromatic carbocycles. The zero-order valence-electron chi connectivity index (χ0n) is 13.2. The largest absolute Gasteiger partial charge is 0.370 e. The fraction of sp³-hybridized carbons (Fsp3) is 0.706. The minimum Gasteiger partial charge on any atom is -0.370 e. The van der Waals surface area contributed by atoms with Gasteiger partial charge in [-0.15, -0.1) is 0 Å². The summed E-state index contributed by atoms with van der Waals surface area (Å²) >= 11 is 0. The van der Waals surface area contributed by atoms with Crippen LogP contribution in [-0.2, 0) is 6.54 Å². The van der Waals surface area contributed by atoms with Crippen LogP contribution in [0.3, 0.4) is 0 Å². The number of nitrogens with one attached hydrogen (secondary N) is 1. The SMILES string of the molecule is CCCNc1cccc(CN(C)C2CCCCC2C)n1. The van der Waals surface area contributed by atoms with Crippen LogP contribution in [0.5, 0.6) is 0 Å². The molecular formula is C17H29N3. The molecule has 2 rings (SSSR count). The van der Waals surface area contributed by atoms with Gasteiger partial charge in [0.25, 0.3) is 0 Å². The summed E-state index contributed by atoms with van der Waals surface area (Å²) in [5.41, 5.74) is 1.17. The van der Waals surface area contributed by atoms with E-state index < -0.39 is 0 Å². The van der Waals surface area contributed by atoms with E-state index in [4.69, 9.17) is 4.98 Å². The highest BCUT2D eigenvalue weighted by Gasteiger charge is 2.24.